The molecule has 0 aliphatic heterocycles. The van der Waals surface area contributed by atoms with Gasteiger partial charge in [-0.15, -0.1) is 0 Å². The van der Waals surface area contributed by atoms with Crippen molar-refractivity contribution >= 4 is 27.5 Å². The molecule has 2 aromatic carbocycles. The van der Waals surface area contributed by atoms with Crippen LogP contribution in [0.2, 0.25) is 0 Å². The highest BCUT2D eigenvalue weighted by Crippen LogP contribution is 2.22. The van der Waals surface area contributed by atoms with Crippen LogP contribution in [0.3, 0.4) is 0 Å². The number of benzene rings is 2. The van der Waals surface area contributed by atoms with Crippen molar-refractivity contribution in [1.82, 2.24) is 0 Å². The van der Waals surface area contributed by atoms with Gasteiger partial charge in [0.15, 0.2) is 6.10 Å². The van der Waals surface area contributed by atoms with E-state index in [1.807, 2.05) is 38.1 Å². The summed E-state index contributed by atoms with van der Waals surface area (Å²) in [7, 11) is 0. The van der Waals surface area contributed by atoms with Crippen LogP contribution in [0.15, 0.2) is 46.9 Å². The van der Waals surface area contributed by atoms with Gasteiger partial charge in [-0.2, -0.15) is 0 Å². The maximum atomic E-state index is 13.8. The van der Waals surface area contributed by atoms with Crippen LogP contribution in [0, 0.1) is 12.7 Å². The van der Waals surface area contributed by atoms with Gasteiger partial charge in [0, 0.05) is 4.47 Å². The molecule has 22 heavy (non-hydrogen) atoms. The SMILES string of the molecule is CC[C@H](Oc1ccccc1C)C(=O)Nc1ccc(Br)cc1F. The van der Waals surface area contributed by atoms with Gasteiger partial charge in [-0.25, -0.2) is 4.39 Å². The molecule has 0 aliphatic carbocycles. The predicted molar refractivity (Wildman–Crippen MR) is 88.6 cm³/mol. The molecular formula is C17H17BrFNO2. The topological polar surface area (TPSA) is 38.3 Å². The van der Waals surface area contributed by atoms with E-state index < -0.39 is 11.9 Å². The van der Waals surface area contributed by atoms with E-state index in [1.54, 1.807) is 6.07 Å². The van der Waals surface area contributed by atoms with Crippen LogP contribution >= 0.6 is 15.9 Å². The number of anilines is 1. The molecule has 2 aromatic rings. The quantitative estimate of drug-likeness (QED) is 0.834. The van der Waals surface area contributed by atoms with Gasteiger partial charge >= 0.3 is 0 Å². The number of para-hydroxylation sites is 1. The Balaban J connectivity index is 2.10. The predicted octanol–water partition coefficient (Wildman–Crippen LogP) is 4.69. The molecule has 2 rings (SSSR count). The number of hydrogen-bond acceptors (Lipinski definition) is 2. The Bertz CT molecular complexity index is 675. The van der Waals surface area contributed by atoms with Crippen LogP contribution in [0.1, 0.15) is 18.9 Å². The smallest absolute Gasteiger partial charge is 0.265 e. The maximum absolute atomic E-state index is 13.8. The average molecular weight is 366 g/mol. The van der Waals surface area contributed by atoms with Gasteiger partial charge in [0.2, 0.25) is 0 Å². The zero-order chi connectivity index (χ0) is 16.1. The third-order valence-corrected chi connectivity index (χ3v) is 3.71. The summed E-state index contributed by atoms with van der Waals surface area (Å²) >= 11 is 3.18. The van der Waals surface area contributed by atoms with Crippen LogP contribution < -0.4 is 10.1 Å². The Morgan fingerprint density at radius 1 is 1.32 bits per heavy atom. The lowest BCUT2D eigenvalue weighted by Gasteiger charge is -2.18. The Labute approximate surface area is 137 Å². The van der Waals surface area contributed by atoms with Crippen molar-refractivity contribution in [3.63, 3.8) is 0 Å². The van der Waals surface area contributed by atoms with E-state index in [2.05, 4.69) is 21.2 Å². The fourth-order valence-corrected chi connectivity index (χ4v) is 2.30. The Hall–Kier alpha value is -1.88. The second kappa shape index (κ2) is 7.40. The lowest BCUT2D eigenvalue weighted by Crippen LogP contribution is -2.32. The Kier molecular flexibility index (Phi) is 5.55. The van der Waals surface area contributed by atoms with Gasteiger partial charge in [-0.3, -0.25) is 4.79 Å². The van der Waals surface area contributed by atoms with Crippen molar-refractivity contribution in [2.24, 2.45) is 0 Å². The minimum absolute atomic E-state index is 0.139. The van der Waals surface area contributed by atoms with E-state index in [0.717, 1.165) is 5.56 Å². The summed E-state index contributed by atoms with van der Waals surface area (Å²) in [6.07, 6.45) is -0.192. The zero-order valence-corrected chi connectivity index (χ0v) is 14.0. The van der Waals surface area contributed by atoms with Crippen molar-refractivity contribution in [2.75, 3.05) is 5.32 Å². The lowest BCUT2D eigenvalue weighted by atomic mass is 10.2. The van der Waals surface area contributed by atoms with Crippen molar-refractivity contribution < 1.29 is 13.9 Å². The molecule has 116 valence electrons. The number of aryl methyl sites for hydroxylation is 1. The minimum Gasteiger partial charge on any atom is -0.480 e. The van der Waals surface area contributed by atoms with E-state index in [4.69, 9.17) is 4.74 Å². The summed E-state index contributed by atoms with van der Waals surface area (Å²) in [5.74, 6) is -0.207. The highest BCUT2D eigenvalue weighted by molar-refractivity contribution is 9.10. The van der Waals surface area contributed by atoms with E-state index in [9.17, 15) is 9.18 Å². The second-order valence-corrected chi connectivity index (χ2v) is 5.81. The number of amides is 1. The molecule has 0 aliphatic rings. The molecular weight excluding hydrogens is 349 g/mol. The average Bonchev–Trinajstić information content (AvgIpc) is 2.49. The monoisotopic (exact) mass is 365 g/mol. The van der Waals surface area contributed by atoms with Crippen molar-refractivity contribution in [3.8, 4) is 5.75 Å². The number of carbonyl (C=O) groups is 1. The molecule has 0 radical (unpaired) electrons. The molecule has 0 aromatic heterocycles. The zero-order valence-electron chi connectivity index (χ0n) is 12.4. The van der Waals surface area contributed by atoms with Crippen LogP contribution in [-0.4, -0.2) is 12.0 Å². The molecule has 0 saturated heterocycles. The summed E-state index contributed by atoms with van der Waals surface area (Å²) in [6.45, 7) is 3.76. The number of nitrogens with one attached hydrogen (secondary N) is 1. The second-order valence-electron chi connectivity index (χ2n) is 4.89. The fraction of sp³-hybridized carbons (Fsp3) is 0.235. The number of halogens is 2. The molecule has 1 atom stereocenters. The van der Waals surface area contributed by atoms with E-state index in [0.29, 0.717) is 16.6 Å². The number of rotatable bonds is 5. The van der Waals surface area contributed by atoms with Crippen molar-refractivity contribution in [3.05, 3.63) is 58.3 Å². The number of ether oxygens (including phenoxy) is 1. The van der Waals surface area contributed by atoms with Gasteiger partial charge < -0.3 is 10.1 Å². The Morgan fingerprint density at radius 2 is 2.05 bits per heavy atom. The van der Waals surface area contributed by atoms with Crippen LogP contribution in [0.5, 0.6) is 5.75 Å². The van der Waals surface area contributed by atoms with Crippen molar-refractivity contribution in [1.29, 1.82) is 0 Å². The summed E-state index contributed by atoms with van der Waals surface area (Å²) < 4.78 is 20.1. The summed E-state index contributed by atoms with van der Waals surface area (Å²) in [6, 6.07) is 12.0. The third-order valence-electron chi connectivity index (χ3n) is 3.22. The molecule has 0 heterocycles. The number of hydrogen-bond donors (Lipinski definition) is 1. The maximum Gasteiger partial charge on any atom is 0.265 e. The van der Waals surface area contributed by atoms with Gasteiger partial charge in [-0.1, -0.05) is 41.1 Å². The molecule has 0 unspecified atom stereocenters. The van der Waals surface area contributed by atoms with Crippen LogP contribution in [-0.2, 0) is 4.79 Å². The molecule has 1 amide bonds. The summed E-state index contributed by atoms with van der Waals surface area (Å²) in [4.78, 5) is 12.3. The molecule has 0 saturated carbocycles. The van der Waals surface area contributed by atoms with Gasteiger partial charge in [0.25, 0.3) is 5.91 Å². The first-order valence-corrected chi connectivity index (χ1v) is 7.78. The van der Waals surface area contributed by atoms with E-state index in [1.165, 1.54) is 12.1 Å². The first-order chi connectivity index (χ1) is 10.5. The van der Waals surface area contributed by atoms with Crippen LogP contribution in [0.4, 0.5) is 10.1 Å². The first kappa shape index (κ1) is 16.5. The van der Waals surface area contributed by atoms with Gasteiger partial charge in [0.05, 0.1) is 5.69 Å². The van der Waals surface area contributed by atoms with Crippen LogP contribution in [0.25, 0.3) is 0 Å². The summed E-state index contributed by atoms with van der Waals surface area (Å²) in [5, 5.41) is 2.57. The molecule has 5 heteroatoms. The normalized spacial score (nSPS) is 11.8. The van der Waals surface area contributed by atoms with E-state index in [-0.39, 0.29) is 11.6 Å². The summed E-state index contributed by atoms with van der Waals surface area (Å²) in [5.41, 5.74) is 1.09. The Morgan fingerprint density at radius 3 is 2.68 bits per heavy atom. The standard InChI is InChI=1S/C17H17BrFNO2/c1-3-15(22-16-7-5-4-6-11(16)2)17(21)20-14-9-8-12(18)10-13(14)19/h4-10,15H,3H2,1-2H3,(H,20,21)/t15-/m0/s1. The lowest BCUT2D eigenvalue weighted by molar-refractivity contribution is -0.122. The van der Waals surface area contributed by atoms with Gasteiger partial charge in [-0.05, 0) is 43.2 Å². The first-order valence-electron chi connectivity index (χ1n) is 6.99. The molecule has 0 fully saturated rings. The number of carbonyl (C=O) groups excluding carboxylic acids is 1. The van der Waals surface area contributed by atoms with Crippen molar-refractivity contribution in [2.45, 2.75) is 26.4 Å². The highest BCUT2D eigenvalue weighted by Gasteiger charge is 2.20. The highest BCUT2D eigenvalue weighted by atomic mass is 79.9. The molecule has 3 nitrogen and oxygen atoms in total. The fourth-order valence-electron chi connectivity index (χ4n) is 1.97. The third kappa shape index (κ3) is 4.07. The molecule has 1 N–H and O–H groups in total. The molecule has 0 bridgehead atoms. The minimum atomic E-state index is -0.677. The molecule has 0 spiro atoms. The largest absolute Gasteiger partial charge is 0.480 e. The van der Waals surface area contributed by atoms with Gasteiger partial charge in [0.1, 0.15) is 11.6 Å². The van der Waals surface area contributed by atoms with E-state index >= 15 is 0 Å².